The summed E-state index contributed by atoms with van der Waals surface area (Å²) in [5, 5.41) is 9.10. The highest BCUT2D eigenvalue weighted by atomic mass is 16.6. The molecule has 0 saturated heterocycles. The number of carbonyl (C=O) groups excluding carboxylic acids is 1. The van der Waals surface area contributed by atoms with Crippen LogP contribution in [0.3, 0.4) is 0 Å². The number of aromatic carboxylic acids is 1. The molecule has 0 unspecified atom stereocenters. The molecule has 1 aliphatic heterocycles. The van der Waals surface area contributed by atoms with E-state index in [0.29, 0.717) is 11.3 Å². The van der Waals surface area contributed by atoms with Gasteiger partial charge in [-0.2, -0.15) is 0 Å². The smallest absolute Gasteiger partial charge is 0.410 e. The van der Waals surface area contributed by atoms with Crippen LogP contribution < -0.4 is 0 Å². The Morgan fingerprint density at radius 1 is 1.37 bits per heavy atom. The van der Waals surface area contributed by atoms with Crippen molar-refractivity contribution in [2.45, 2.75) is 39.5 Å². The quantitative estimate of drug-likeness (QED) is 0.839. The van der Waals surface area contributed by atoms with Gasteiger partial charge in [0, 0.05) is 11.8 Å². The summed E-state index contributed by atoms with van der Waals surface area (Å²) in [6.07, 6.45) is 0.989. The van der Waals surface area contributed by atoms with Gasteiger partial charge in [-0.15, -0.1) is 0 Å². The van der Waals surface area contributed by atoms with Crippen molar-refractivity contribution in [3.05, 3.63) is 29.1 Å². The summed E-state index contributed by atoms with van der Waals surface area (Å²) in [5.41, 5.74) is 0.817. The molecular formula is C13H16N2O4. The van der Waals surface area contributed by atoms with Gasteiger partial charge in [0.15, 0.2) is 0 Å². The number of aromatic nitrogens is 1. The lowest BCUT2D eigenvalue weighted by Crippen LogP contribution is -2.33. The summed E-state index contributed by atoms with van der Waals surface area (Å²) in [4.78, 5) is 28.6. The summed E-state index contributed by atoms with van der Waals surface area (Å²) in [6.45, 7) is 5.87. The average Bonchev–Trinajstić information content (AvgIpc) is 2.69. The third kappa shape index (κ3) is 2.83. The first-order valence-corrected chi connectivity index (χ1v) is 5.96. The molecule has 102 valence electrons. The van der Waals surface area contributed by atoms with Crippen LogP contribution in [0, 0.1) is 0 Å². The summed E-state index contributed by atoms with van der Waals surface area (Å²) in [6, 6.07) is 1.44. The fourth-order valence-electron chi connectivity index (χ4n) is 1.93. The maximum Gasteiger partial charge on any atom is 0.410 e. The second kappa shape index (κ2) is 4.53. The van der Waals surface area contributed by atoms with Gasteiger partial charge in [0.1, 0.15) is 5.60 Å². The Kier molecular flexibility index (Phi) is 3.18. The van der Waals surface area contributed by atoms with E-state index >= 15 is 0 Å². The molecule has 1 amide bonds. The van der Waals surface area contributed by atoms with Crippen LogP contribution in [0.15, 0.2) is 12.3 Å². The van der Waals surface area contributed by atoms with Gasteiger partial charge in [0.05, 0.1) is 24.3 Å². The number of ether oxygens (including phenoxy) is 1. The number of hydrogen-bond acceptors (Lipinski definition) is 4. The average molecular weight is 264 g/mol. The highest BCUT2D eigenvalue weighted by Gasteiger charge is 2.31. The first kappa shape index (κ1) is 13.3. The van der Waals surface area contributed by atoms with Crippen LogP contribution in [0.4, 0.5) is 4.79 Å². The monoisotopic (exact) mass is 264 g/mol. The lowest BCUT2D eigenvalue weighted by molar-refractivity contribution is 0.0239. The third-order valence-corrected chi connectivity index (χ3v) is 2.72. The fraction of sp³-hybridized carbons (Fsp3) is 0.462. The Labute approximate surface area is 111 Å². The van der Waals surface area contributed by atoms with Crippen molar-refractivity contribution >= 4 is 12.1 Å². The molecule has 1 aromatic heterocycles. The van der Waals surface area contributed by atoms with Crippen LogP contribution in [0.2, 0.25) is 0 Å². The fourth-order valence-corrected chi connectivity index (χ4v) is 1.93. The second-order valence-corrected chi connectivity index (χ2v) is 5.43. The minimum Gasteiger partial charge on any atom is -0.478 e. The molecule has 2 rings (SSSR count). The molecule has 19 heavy (non-hydrogen) atoms. The largest absolute Gasteiger partial charge is 0.478 e. The molecule has 6 nitrogen and oxygen atoms in total. The lowest BCUT2D eigenvalue weighted by atomic mass is 10.1. The van der Waals surface area contributed by atoms with Crippen LogP contribution in [-0.4, -0.2) is 32.7 Å². The van der Waals surface area contributed by atoms with Crippen molar-refractivity contribution in [2.24, 2.45) is 0 Å². The van der Waals surface area contributed by atoms with E-state index in [4.69, 9.17) is 9.84 Å². The van der Waals surface area contributed by atoms with Crippen molar-refractivity contribution in [3.8, 4) is 0 Å². The highest BCUT2D eigenvalue weighted by Crippen LogP contribution is 2.25. The van der Waals surface area contributed by atoms with E-state index in [9.17, 15) is 9.59 Å². The van der Waals surface area contributed by atoms with E-state index in [0.717, 1.165) is 0 Å². The SMILES string of the molecule is CC(C)(C)OC(=O)N1Cc2nccc(C(=O)O)c2C1. The summed E-state index contributed by atoms with van der Waals surface area (Å²) in [7, 11) is 0. The van der Waals surface area contributed by atoms with Crippen LogP contribution in [0.1, 0.15) is 42.4 Å². The standard InChI is InChI=1S/C13H16N2O4/c1-13(2,3)19-12(18)15-6-9-8(11(16)17)4-5-14-10(9)7-15/h4-5H,6-7H2,1-3H3,(H,16,17). The van der Waals surface area contributed by atoms with E-state index in [-0.39, 0.29) is 18.7 Å². The van der Waals surface area contributed by atoms with Crippen molar-refractivity contribution in [1.82, 2.24) is 9.88 Å². The minimum absolute atomic E-state index is 0.191. The lowest BCUT2D eigenvalue weighted by Gasteiger charge is -2.24. The van der Waals surface area contributed by atoms with E-state index in [2.05, 4.69) is 4.98 Å². The number of pyridine rings is 1. The molecular weight excluding hydrogens is 248 g/mol. The minimum atomic E-state index is -1.01. The number of rotatable bonds is 1. The van der Waals surface area contributed by atoms with Gasteiger partial charge in [-0.1, -0.05) is 0 Å². The number of carboxylic acid groups (broad SMARTS) is 1. The molecule has 6 heteroatoms. The van der Waals surface area contributed by atoms with Gasteiger partial charge in [0.25, 0.3) is 0 Å². The van der Waals surface area contributed by atoms with Gasteiger partial charge in [-0.05, 0) is 26.8 Å². The van der Waals surface area contributed by atoms with E-state index in [1.54, 1.807) is 20.8 Å². The number of carboxylic acids is 1. The predicted molar refractivity (Wildman–Crippen MR) is 66.7 cm³/mol. The Hall–Kier alpha value is -2.11. The number of hydrogen-bond donors (Lipinski definition) is 1. The molecule has 0 bridgehead atoms. The molecule has 0 fully saturated rings. The zero-order chi connectivity index (χ0) is 14.2. The first-order chi connectivity index (χ1) is 8.78. The Morgan fingerprint density at radius 3 is 2.63 bits per heavy atom. The summed E-state index contributed by atoms with van der Waals surface area (Å²) < 4.78 is 5.26. The first-order valence-electron chi connectivity index (χ1n) is 5.96. The van der Waals surface area contributed by atoms with Gasteiger partial charge >= 0.3 is 12.1 Å². The zero-order valence-electron chi connectivity index (χ0n) is 11.1. The number of amides is 1. The van der Waals surface area contributed by atoms with Crippen LogP contribution >= 0.6 is 0 Å². The highest BCUT2D eigenvalue weighted by molar-refractivity contribution is 5.90. The van der Waals surface area contributed by atoms with E-state index < -0.39 is 17.7 Å². The molecule has 0 radical (unpaired) electrons. The van der Waals surface area contributed by atoms with Crippen molar-refractivity contribution in [1.29, 1.82) is 0 Å². The van der Waals surface area contributed by atoms with Gasteiger partial charge < -0.3 is 9.84 Å². The molecule has 0 saturated carbocycles. The molecule has 0 aliphatic carbocycles. The topological polar surface area (TPSA) is 79.7 Å². The Bertz CT molecular complexity index is 534. The normalized spacial score (nSPS) is 14.2. The maximum atomic E-state index is 11.9. The van der Waals surface area contributed by atoms with Crippen LogP contribution in [0.25, 0.3) is 0 Å². The van der Waals surface area contributed by atoms with Gasteiger partial charge in [0.2, 0.25) is 0 Å². The Balaban J connectivity index is 2.19. The van der Waals surface area contributed by atoms with Crippen molar-refractivity contribution < 1.29 is 19.4 Å². The summed E-state index contributed by atoms with van der Waals surface area (Å²) in [5.74, 6) is -1.01. The molecule has 0 spiro atoms. The number of carbonyl (C=O) groups is 2. The molecule has 1 aliphatic rings. The molecule has 2 heterocycles. The molecule has 0 atom stereocenters. The van der Waals surface area contributed by atoms with Crippen LogP contribution in [0.5, 0.6) is 0 Å². The zero-order valence-corrected chi connectivity index (χ0v) is 11.1. The molecule has 1 aromatic rings. The van der Waals surface area contributed by atoms with E-state index in [1.165, 1.54) is 17.2 Å². The van der Waals surface area contributed by atoms with Crippen LogP contribution in [-0.2, 0) is 17.8 Å². The molecule has 0 aromatic carbocycles. The van der Waals surface area contributed by atoms with Gasteiger partial charge in [-0.3, -0.25) is 9.88 Å². The van der Waals surface area contributed by atoms with Gasteiger partial charge in [-0.25, -0.2) is 9.59 Å². The van der Waals surface area contributed by atoms with Crippen molar-refractivity contribution in [3.63, 3.8) is 0 Å². The molecule has 1 N–H and O–H groups in total. The summed E-state index contributed by atoms with van der Waals surface area (Å²) >= 11 is 0. The Morgan fingerprint density at radius 2 is 2.05 bits per heavy atom. The second-order valence-electron chi connectivity index (χ2n) is 5.43. The maximum absolute atomic E-state index is 11.9. The number of fused-ring (bicyclic) bond motifs is 1. The van der Waals surface area contributed by atoms with E-state index in [1.807, 2.05) is 0 Å². The van der Waals surface area contributed by atoms with Crippen molar-refractivity contribution in [2.75, 3.05) is 0 Å². The predicted octanol–water partition coefficient (Wildman–Crippen LogP) is 2.03. The third-order valence-electron chi connectivity index (χ3n) is 2.72. The number of nitrogens with zero attached hydrogens (tertiary/aromatic N) is 2.